The average molecular weight is 356 g/mol. The van der Waals surface area contributed by atoms with Crippen LogP contribution >= 0.6 is 0 Å². The zero-order chi connectivity index (χ0) is 17.4. The van der Waals surface area contributed by atoms with E-state index in [1.807, 2.05) is 30.5 Å². The molecule has 1 aromatic carbocycles. The molecule has 1 aliphatic heterocycles. The van der Waals surface area contributed by atoms with Crippen LogP contribution in [0.25, 0.3) is 10.9 Å². The van der Waals surface area contributed by atoms with Crippen molar-refractivity contribution in [1.82, 2.24) is 18.8 Å². The third-order valence-electron chi connectivity index (χ3n) is 4.78. The van der Waals surface area contributed by atoms with E-state index in [1.54, 1.807) is 22.1 Å². The van der Waals surface area contributed by atoms with Gasteiger partial charge < -0.3 is 4.57 Å². The largest absolute Gasteiger partial charge is 0.339 e. The summed E-state index contributed by atoms with van der Waals surface area (Å²) in [5.74, 6) is 0.310. The van der Waals surface area contributed by atoms with Gasteiger partial charge in [-0.05, 0) is 36.5 Å². The van der Waals surface area contributed by atoms with E-state index in [2.05, 4.69) is 16.0 Å². The van der Waals surface area contributed by atoms with Crippen molar-refractivity contribution in [3.8, 4) is 0 Å². The molecule has 7 heteroatoms. The number of para-hydroxylation sites is 1. The van der Waals surface area contributed by atoms with Crippen molar-refractivity contribution in [2.24, 2.45) is 13.0 Å². The second-order valence-corrected chi connectivity index (χ2v) is 8.47. The molecule has 0 N–H and O–H groups in total. The highest BCUT2D eigenvalue weighted by Crippen LogP contribution is 2.28. The first kappa shape index (κ1) is 16.2. The van der Waals surface area contributed by atoms with Gasteiger partial charge in [0.2, 0.25) is 0 Å². The summed E-state index contributed by atoms with van der Waals surface area (Å²) in [6.07, 6.45) is 6.62. The van der Waals surface area contributed by atoms with Crippen LogP contribution in [-0.4, -0.2) is 40.3 Å². The lowest BCUT2D eigenvalue weighted by atomic mass is 9.96. The minimum Gasteiger partial charge on any atom is -0.339 e. The van der Waals surface area contributed by atoms with E-state index in [9.17, 15) is 8.42 Å². The predicted octanol–water partition coefficient (Wildman–Crippen LogP) is 2.22. The molecule has 1 fully saturated rings. The van der Waals surface area contributed by atoms with Gasteiger partial charge in [-0.25, -0.2) is 13.4 Å². The number of imidazole rings is 1. The quantitative estimate of drug-likeness (QED) is 0.719. The molecule has 0 saturated carbocycles. The Morgan fingerprint density at radius 2 is 2.04 bits per heavy atom. The van der Waals surface area contributed by atoms with Gasteiger partial charge in [-0.2, -0.15) is 4.31 Å². The highest BCUT2D eigenvalue weighted by molar-refractivity contribution is 7.89. The van der Waals surface area contributed by atoms with Crippen molar-refractivity contribution < 1.29 is 8.42 Å². The number of fused-ring (bicyclic) bond motifs is 1. The van der Waals surface area contributed by atoms with Crippen LogP contribution in [-0.2, 0) is 23.5 Å². The van der Waals surface area contributed by atoms with Crippen molar-refractivity contribution in [3.05, 3.63) is 54.6 Å². The zero-order valence-corrected chi connectivity index (χ0v) is 14.9. The number of rotatable bonds is 4. The van der Waals surface area contributed by atoms with E-state index < -0.39 is 10.0 Å². The minimum atomic E-state index is -3.50. The van der Waals surface area contributed by atoms with Gasteiger partial charge in [-0.1, -0.05) is 18.2 Å². The fourth-order valence-corrected chi connectivity index (χ4v) is 4.98. The van der Waals surface area contributed by atoms with Crippen molar-refractivity contribution in [1.29, 1.82) is 0 Å². The lowest BCUT2D eigenvalue weighted by Crippen LogP contribution is -2.29. The molecule has 0 aliphatic carbocycles. The number of pyridine rings is 1. The molecule has 25 heavy (non-hydrogen) atoms. The number of nitrogens with zero attached hydrogens (tertiary/aromatic N) is 4. The molecular formula is C18H20N4O2S. The van der Waals surface area contributed by atoms with Crippen molar-refractivity contribution >= 4 is 20.9 Å². The van der Waals surface area contributed by atoms with Crippen molar-refractivity contribution in [2.45, 2.75) is 17.9 Å². The third-order valence-corrected chi connectivity index (χ3v) is 6.53. The van der Waals surface area contributed by atoms with Gasteiger partial charge in [0.1, 0.15) is 0 Å². The Morgan fingerprint density at radius 1 is 1.20 bits per heavy atom. The summed E-state index contributed by atoms with van der Waals surface area (Å²) in [5.41, 5.74) is 2.21. The normalized spacial score (nSPS) is 18.8. The van der Waals surface area contributed by atoms with Gasteiger partial charge in [0, 0.05) is 37.9 Å². The number of aryl methyl sites for hydroxylation is 1. The van der Waals surface area contributed by atoms with Gasteiger partial charge in [0.15, 0.2) is 5.03 Å². The second kappa shape index (κ2) is 6.24. The fraction of sp³-hybridized carbons (Fsp3) is 0.333. The van der Waals surface area contributed by atoms with Gasteiger partial charge in [-0.3, -0.25) is 4.98 Å². The molecule has 0 bridgehead atoms. The van der Waals surface area contributed by atoms with Crippen LogP contribution in [0.3, 0.4) is 0 Å². The summed E-state index contributed by atoms with van der Waals surface area (Å²) in [5, 5.41) is 1.28. The molecule has 6 nitrogen and oxygen atoms in total. The molecule has 0 amide bonds. The Kier molecular flexibility index (Phi) is 4.05. The second-order valence-electron chi connectivity index (χ2n) is 6.59. The number of aromatic nitrogens is 3. The number of hydrogen-bond donors (Lipinski definition) is 0. The van der Waals surface area contributed by atoms with Crippen molar-refractivity contribution in [2.75, 3.05) is 13.1 Å². The maximum Gasteiger partial charge on any atom is 0.262 e. The Hall–Kier alpha value is -2.25. The highest BCUT2D eigenvalue weighted by atomic mass is 32.2. The molecule has 0 radical (unpaired) electrons. The first-order chi connectivity index (χ1) is 12.0. The molecule has 3 heterocycles. The van der Waals surface area contributed by atoms with Gasteiger partial charge in [-0.15, -0.1) is 0 Å². The minimum absolute atomic E-state index is 0.130. The molecule has 1 atom stereocenters. The summed E-state index contributed by atoms with van der Waals surface area (Å²) in [4.78, 5) is 8.40. The monoisotopic (exact) mass is 356 g/mol. The maximum absolute atomic E-state index is 12.7. The Balaban J connectivity index is 1.53. The zero-order valence-electron chi connectivity index (χ0n) is 14.0. The Labute approximate surface area is 147 Å². The molecule has 3 aromatic rings. The maximum atomic E-state index is 12.7. The summed E-state index contributed by atoms with van der Waals surface area (Å²) >= 11 is 0. The van der Waals surface area contributed by atoms with E-state index in [-0.39, 0.29) is 5.03 Å². The smallest absolute Gasteiger partial charge is 0.262 e. The Bertz CT molecular complexity index is 1010. The lowest BCUT2D eigenvalue weighted by Gasteiger charge is -2.15. The first-order valence-electron chi connectivity index (χ1n) is 8.35. The molecule has 1 aliphatic rings. The molecule has 1 unspecified atom stereocenters. The topological polar surface area (TPSA) is 68.1 Å². The summed E-state index contributed by atoms with van der Waals surface area (Å²) in [6.45, 7) is 1.09. The lowest BCUT2D eigenvalue weighted by molar-refractivity contribution is 0.454. The van der Waals surface area contributed by atoms with E-state index in [4.69, 9.17) is 0 Å². The summed E-state index contributed by atoms with van der Waals surface area (Å²) in [6, 6.07) is 10.1. The number of sulfonamides is 1. The average Bonchev–Trinajstić information content (AvgIpc) is 3.25. The molecule has 1 saturated heterocycles. The van der Waals surface area contributed by atoms with E-state index >= 15 is 0 Å². The van der Waals surface area contributed by atoms with Crippen LogP contribution in [0.4, 0.5) is 0 Å². The van der Waals surface area contributed by atoms with Crippen LogP contribution in [0.2, 0.25) is 0 Å². The van der Waals surface area contributed by atoms with Gasteiger partial charge >= 0.3 is 0 Å². The van der Waals surface area contributed by atoms with E-state index in [0.717, 1.165) is 23.7 Å². The third kappa shape index (κ3) is 3.05. The fourth-order valence-electron chi connectivity index (χ4n) is 3.48. The van der Waals surface area contributed by atoms with E-state index in [0.29, 0.717) is 19.0 Å². The predicted molar refractivity (Wildman–Crippen MR) is 95.5 cm³/mol. The summed E-state index contributed by atoms with van der Waals surface area (Å²) < 4.78 is 28.6. The van der Waals surface area contributed by atoms with Gasteiger partial charge in [0.05, 0.1) is 11.8 Å². The molecular weight excluding hydrogens is 336 g/mol. The summed E-state index contributed by atoms with van der Waals surface area (Å²) in [7, 11) is -1.73. The molecule has 4 rings (SSSR count). The Morgan fingerprint density at radius 3 is 2.84 bits per heavy atom. The van der Waals surface area contributed by atoms with Crippen LogP contribution in [0.15, 0.2) is 54.1 Å². The van der Waals surface area contributed by atoms with Crippen molar-refractivity contribution in [3.63, 3.8) is 0 Å². The van der Waals surface area contributed by atoms with Crippen LogP contribution in [0.1, 0.15) is 12.0 Å². The van der Waals surface area contributed by atoms with Gasteiger partial charge in [0.25, 0.3) is 10.0 Å². The molecule has 130 valence electrons. The van der Waals surface area contributed by atoms with Crippen LogP contribution in [0.5, 0.6) is 0 Å². The number of hydrogen-bond acceptors (Lipinski definition) is 4. The number of benzene rings is 1. The van der Waals surface area contributed by atoms with E-state index in [1.165, 1.54) is 11.9 Å². The standard InChI is InChI=1S/C18H20N4O2S/c1-21-12-18(20-13-21)25(23,24)22-9-7-14(11-22)10-15-6-8-19-17-5-3-2-4-16(15)17/h2-6,8,12-14H,7,9-11H2,1H3. The molecule has 2 aromatic heterocycles. The van der Waals surface area contributed by atoms with Crippen LogP contribution < -0.4 is 0 Å². The molecule has 0 spiro atoms. The highest BCUT2D eigenvalue weighted by Gasteiger charge is 2.34. The first-order valence-corrected chi connectivity index (χ1v) is 9.79. The van der Waals surface area contributed by atoms with Crippen LogP contribution in [0, 0.1) is 5.92 Å². The SMILES string of the molecule is Cn1cnc(S(=O)(=O)N2CCC(Cc3ccnc4ccccc34)C2)c1.